The Bertz CT molecular complexity index is 1360. The summed E-state index contributed by atoms with van der Waals surface area (Å²) in [5, 5.41) is 17.5. The Morgan fingerprint density at radius 3 is 2.31 bits per heavy atom. The first kappa shape index (κ1) is 27.1. The van der Waals surface area contributed by atoms with Gasteiger partial charge in [-0.15, -0.1) is 0 Å². The van der Waals surface area contributed by atoms with Gasteiger partial charge in [-0.25, -0.2) is 4.98 Å². The van der Waals surface area contributed by atoms with Crippen LogP contribution in [0.3, 0.4) is 0 Å². The van der Waals surface area contributed by atoms with E-state index in [4.69, 9.17) is 14.0 Å². The van der Waals surface area contributed by atoms with Gasteiger partial charge in [0.2, 0.25) is 5.88 Å². The predicted octanol–water partition coefficient (Wildman–Crippen LogP) is 3.16. The van der Waals surface area contributed by atoms with Crippen LogP contribution in [0.2, 0.25) is 0 Å². The van der Waals surface area contributed by atoms with Gasteiger partial charge in [0.15, 0.2) is 0 Å². The number of methoxy groups -OCH3 is 1. The minimum atomic E-state index is -0.770. The van der Waals surface area contributed by atoms with Crippen molar-refractivity contribution in [2.75, 3.05) is 7.11 Å². The number of amides is 1. The van der Waals surface area contributed by atoms with Gasteiger partial charge in [-0.1, -0.05) is 24.3 Å². The van der Waals surface area contributed by atoms with Gasteiger partial charge in [0.1, 0.15) is 0 Å². The van der Waals surface area contributed by atoms with Gasteiger partial charge < -0.3 is 24.5 Å². The molecule has 0 unspecified atom stereocenters. The monoisotopic (exact) mass is 534 g/mol. The zero-order chi connectivity index (χ0) is 27.9. The first-order chi connectivity index (χ1) is 18.5. The number of carboxylic acid groups (broad SMARTS) is 1. The van der Waals surface area contributed by atoms with Gasteiger partial charge in [-0.05, 0) is 64.4 Å². The van der Waals surface area contributed by atoms with Crippen LogP contribution < -0.4 is 15.5 Å². The Kier molecular flexibility index (Phi) is 7.15. The highest BCUT2D eigenvalue weighted by atomic mass is 16.7. The Hall–Kier alpha value is -3.44. The standard InChI is InChI=1S/C28H35BN4O6/c1-27(2)28(3,4)39-29(38-27)19-10-6-17(7-11-19)16-33-23-21(14-30-25(37-5)22(23)15-31-33)24(34)32-20-12-8-18(9-13-20)26(35)36/h6-7,10-11,14-15,18,20H,8-9,12-13,16H2,1-5H3,(H,32,34)(H,35,36). The third-order valence-electron chi connectivity index (χ3n) is 8.32. The summed E-state index contributed by atoms with van der Waals surface area (Å²) in [4.78, 5) is 29.0. The largest absolute Gasteiger partial charge is 0.494 e. The molecule has 11 heteroatoms. The van der Waals surface area contributed by atoms with Crippen molar-refractivity contribution >= 4 is 35.4 Å². The average molecular weight is 534 g/mol. The lowest BCUT2D eigenvalue weighted by molar-refractivity contribution is -0.142. The summed E-state index contributed by atoms with van der Waals surface area (Å²) in [6.07, 6.45) is 5.54. The third-order valence-corrected chi connectivity index (χ3v) is 8.32. The molecule has 2 aliphatic rings. The van der Waals surface area contributed by atoms with E-state index in [9.17, 15) is 14.7 Å². The minimum absolute atomic E-state index is 0.0795. The number of aliphatic carboxylic acids is 1. The fraction of sp³-hybridized carbons (Fsp3) is 0.500. The number of rotatable bonds is 7. The Labute approximate surface area is 228 Å². The number of carbonyl (C=O) groups is 2. The second-order valence-corrected chi connectivity index (χ2v) is 11.4. The maximum atomic E-state index is 13.4. The molecular weight excluding hydrogens is 499 g/mol. The number of nitrogens with zero attached hydrogens (tertiary/aromatic N) is 3. The summed E-state index contributed by atoms with van der Waals surface area (Å²) in [5.74, 6) is -0.975. The van der Waals surface area contributed by atoms with Crippen LogP contribution in [-0.2, 0) is 20.6 Å². The lowest BCUT2D eigenvalue weighted by Gasteiger charge is -2.32. The van der Waals surface area contributed by atoms with Crippen molar-refractivity contribution < 1.29 is 28.7 Å². The predicted molar refractivity (Wildman–Crippen MR) is 146 cm³/mol. The fourth-order valence-electron chi connectivity index (χ4n) is 5.21. The van der Waals surface area contributed by atoms with Crippen LogP contribution in [0.4, 0.5) is 0 Å². The molecule has 1 amide bonds. The van der Waals surface area contributed by atoms with Gasteiger partial charge in [-0.3, -0.25) is 14.3 Å². The second kappa shape index (κ2) is 10.3. The maximum Gasteiger partial charge on any atom is 0.494 e. The molecule has 0 radical (unpaired) electrons. The maximum absolute atomic E-state index is 13.4. The van der Waals surface area contributed by atoms with E-state index < -0.39 is 24.3 Å². The number of aromatic nitrogens is 3. The molecule has 5 rings (SSSR count). The Balaban J connectivity index is 1.36. The highest BCUT2D eigenvalue weighted by molar-refractivity contribution is 6.62. The zero-order valence-corrected chi connectivity index (χ0v) is 23.1. The number of hydrogen-bond donors (Lipinski definition) is 2. The van der Waals surface area contributed by atoms with E-state index in [1.807, 2.05) is 52.0 Å². The first-order valence-electron chi connectivity index (χ1n) is 13.4. The van der Waals surface area contributed by atoms with E-state index in [1.54, 1.807) is 10.9 Å². The molecule has 1 saturated heterocycles. The second-order valence-electron chi connectivity index (χ2n) is 11.4. The Morgan fingerprint density at radius 1 is 1.08 bits per heavy atom. The number of fused-ring (bicyclic) bond motifs is 1. The molecule has 2 fully saturated rings. The molecular formula is C28H35BN4O6. The highest BCUT2D eigenvalue weighted by Gasteiger charge is 2.51. The van der Waals surface area contributed by atoms with Gasteiger partial charge in [0.05, 0.1) is 53.4 Å². The van der Waals surface area contributed by atoms with E-state index in [1.165, 1.54) is 13.3 Å². The summed E-state index contributed by atoms with van der Waals surface area (Å²) in [5.41, 5.74) is 2.14. The zero-order valence-electron chi connectivity index (χ0n) is 23.1. The van der Waals surface area contributed by atoms with Crippen molar-refractivity contribution in [2.24, 2.45) is 5.92 Å². The summed E-state index contributed by atoms with van der Waals surface area (Å²) in [6.45, 7) is 8.55. The third kappa shape index (κ3) is 5.25. The van der Waals surface area contributed by atoms with E-state index >= 15 is 0 Å². The van der Waals surface area contributed by atoms with E-state index in [2.05, 4.69) is 15.4 Å². The molecule has 10 nitrogen and oxygen atoms in total. The molecule has 2 N–H and O–H groups in total. The van der Waals surface area contributed by atoms with Crippen molar-refractivity contribution in [2.45, 2.75) is 77.2 Å². The molecule has 2 aromatic heterocycles. The first-order valence-corrected chi connectivity index (χ1v) is 13.4. The molecule has 0 spiro atoms. The van der Waals surface area contributed by atoms with Gasteiger partial charge >= 0.3 is 13.1 Å². The lowest BCUT2D eigenvalue weighted by atomic mass is 9.79. The summed E-state index contributed by atoms with van der Waals surface area (Å²) < 4.78 is 19.5. The number of pyridine rings is 1. The van der Waals surface area contributed by atoms with Crippen molar-refractivity contribution in [3.8, 4) is 5.88 Å². The van der Waals surface area contributed by atoms with Crippen molar-refractivity contribution in [3.05, 3.63) is 47.8 Å². The molecule has 1 aromatic carbocycles. The summed E-state index contributed by atoms with van der Waals surface area (Å²) in [7, 11) is 1.10. The number of ether oxygens (including phenoxy) is 1. The highest BCUT2D eigenvalue weighted by Crippen LogP contribution is 2.36. The molecule has 3 heterocycles. The van der Waals surface area contributed by atoms with E-state index in [0.29, 0.717) is 54.6 Å². The Morgan fingerprint density at radius 2 is 1.72 bits per heavy atom. The normalized spacial score (nSPS) is 22.1. The molecule has 39 heavy (non-hydrogen) atoms. The topological polar surface area (TPSA) is 125 Å². The molecule has 1 aliphatic heterocycles. The fourth-order valence-corrected chi connectivity index (χ4v) is 5.21. The van der Waals surface area contributed by atoms with Gasteiger partial charge in [0.25, 0.3) is 5.91 Å². The van der Waals surface area contributed by atoms with Crippen LogP contribution in [-0.4, -0.2) is 63.2 Å². The lowest BCUT2D eigenvalue weighted by Crippen LogP contribution is -2.41. The van der Waals surface area contributed by atoms with Crippen molar-refractivity contribution in [1.29, 1.82) is 0 Å². The summed E-state index contributed by atoms with van der Waals surface area (Å²) in [6, 6.07) is 7.92. The molecule has 0 bridgehead atoms. The van der Waals surface area contributed by atoms with Crippen LogP contribution in [0, 0.1) is 5.92 Å². The number of carboxylic acids is 1. The SMILES string of the molecule is COc1ncc(C(=O)NC2CCC(C(=O)O)CC2)c2c1cnn2Cc1ccc(B2OC(C)(C)C(C)(C)O2)cc1. The van der Waals surface area contributed by atoms with Crippen LogP contribution in [0.5, 0.6) is 5.88 Å². The van der Waals surface area contributed by atoms with Gasteiger partial charge in [0, 0.05) is 12.2 Å². The number of carbonyl (C=O) groups excluding carboxylic acids is 1. The number of benzene rings is 1. The molecule has 1 aliphatic carbocycles. The molecule has 3 aromatic rings. The van der Waals surface area contributed by atoms with E-state index in [0.717, 1.165) is 11.0 Å². The summed E-state index contributed by atoms with van der Waals surface area (Å²) >= 11 is 0. The molecule has 0 atom stereocenters. The van der Waals surface area contributed by atoms with Crippen LogP contribution in [0.1, 0.15) is 69.3 Å². The van der Waals surface area contributed by atoms with Crippen LogP contribution in [0.15, 0.2) is 36.7 Å². The smallest absolute Gasteiger partial charge is 0.481 e. The van der Waals surface area contributed by atoms with Gasteiger partial charge in [-0.2, -0.15) is 5.10 Å². The number of nitrogens with one attached hydrogen (secondary N) is 1. The van der Waals surface area contributed by atoms with Crippen molar-refractivity contribution in [1.82, 2.24) is 20.1 Å². The average Bonchev–Trinajstić information content (AvgIpc) is 3.41. The minimum Gasteiger partial charge on any atom is -0.481 e. The van der Waals surface area contributed by atoms with Crippen LogP contribution >= 0.6 is 0 Å². The molecule has 206 valence electrons. The molecule has 1 saturated carbocycles. The van der Waals surface area contributed by atoms with Crippen LogP contribution in [0.25, 0.3) is 10.9 Å². The van der Waals surface area contributed by atoms with Crippen molar-refractivity contribution in [3.63, 3.8) is 0 Å². The quantitative estimate of drug-likeness (QED) is 0.443. The number of hydrogen-bond acceptors (Lipinski definition) is 7. The van der Waals surface area contributed by atoms with E-state index in [-0.39, 0.29) is 17.9 Å².